The van der Waals surface area contributed by atoms with E-state index in [1.807, 2.05) is 0 Å². The van der Waals surface area contributed by atoms with Crippen LogP contribution in [0, 0.1) is 11.7 Å². The van der Waals surface area contributed by atoms with Gasteiger partial charge in [-0.25, -0.2) is 9.37 Å². The molecule has 0 saturated heterocycles. The van der Waals surface area contributed by atoms with Crippen molar-refractivity contribution in [1.82, 2.24) is 4.98 Å². The van der Waals surface area contributed by atoms with Gasteiger partial charge in [0.25, 0.3) is 0 Å². The summed E-state index contributed by atoms with van der Waals surface area (Å²) in [7, 11) is 0. The molecule has 0 aliphatic rings. The van der Waals surface area contributed by atoms with Crippen LogP contribution in [0.15, 0.2) is 18.2 Å². The lowest BCUT2D eigenvalue weighted by Gasteiger charge is -2.03. The molecular formula is C15H18ClFN2S. The van der Waals surface area contributed by atoms with Crippen molar-refractivity contribution < 1.29 is 4.39 Å². The van der Waals surface area contributed by atoms with Crippen LogP contribution in [-0.2, 0) is 19.4 Å². The summed E-state index contributed by atoms with van der Waals surface area (Å²) >= 11 is 7.61. The summed E-state index contributed by atoms with van der Waals surface area (Å²) in [4.78, 5) is 5.70. The number of hydrogen-bond acceptors (Lipinski definition) is 3. The van der Waals surface area contributed by atoms with E-state index in [2.05, 4.69) is 18.8 Å². The lowest BCUT2D eigenvalue weighted by molar-refractivity contribution is 0.613. The molecule has 0 aliphatic carbocycles. The fraction of sp³-hybridized carbons (Fsp3) is 0.400. The van der Waals surface area contributed by atoms with E-state index in [0.717, 1.165) is 22.0 Å². The van der Waals surface area contributed by atoms with Gasteiger partial charge in [-0.15, -0.1) is 11.3 Å². The van der Waals surface area contributed by atoms with Crippen molar-refractivity contribution in [3.8, 4) is 0 Å². The van der Waals surface area contributed by atoms with Crippen molar-refractivity contribution in [2.75, 3.05) is 0 Å². The zero-order valence-corrected chi connectivity index (χ0v) is 13.2. The maximum absolute atomic E-state index is 13.8. The highest BCUT2D eigenvalue weighted by atomic mass is 35.5. The maximum Gasteiger partial charge on any atom is 0.128 e. The molecule has 0 amide bonds. The minimum absolute atomic E-state index is 0.285. The first-order chi connectivity index (χ1) is 9.51. The summed E-state index contributed by atoms with van der Waals surface area (Å²) in [5.41, 5.74) is 7.30. The van der Waals surface area contributed by atoms with E-state index < -0.39 is 0 Å². The molecule has 0 atom stereocenters. The highest BCUT2D eigenvalue weighted by Gasteiger charge is 2.14. The summed E-state index contributed by atoms with van der Waals surface area (Å²) in [5.74, 6) is 0.236. The highest BCUT2D eigenvalue weighted by Crippen LogP contribution is 2.27. The first-order valence-electron chi connectivity index (χ1n) is 6.61. The molecule has 1 heterocycles. The summed E-state index contributed by atoms with van der Waals surface area (Å²) in [6, 6.07) is 4.73. The SMILES string of the molecule is CC(C)Cc1nc(Cc2c(F)cccc2Cl)sc1CN. The Morgan fingerprint density at radius 1 is 1.40 bits per heavy atom. The molecule has 0 unspecified atom stereocenters. The molecule has 0 saturated carbocycles. The molecule has 5 heteroatoms. The third-order valence-corrected chi connectivity index (χ3v) is 4.47. The average Bonchev–Trinajstić information content (AvgIpc) is 2.75. The van der Waals surface area contributed by atoms with Crippen LogP contribution < -0.4 is 5.73 Å². The summed E-state index contributed by atoms with van der Waals surface area (Å²) in [6.45, 7) is 4.77. The molecule has 0 bridgehead atoms. The first-order valence-corrected chi connectivity index (χ1v) is 7.81. The van der Waals surface area contributed by atoms with Gasteiger partial charge in [0, 0.05) is 28.4 Å². The second-order valence-electron chi connectivity index (χ2n) is 5.16. The third-order valence-electron chi connectivity index (χ3n) is 3.00. The van der Waals surface area contributed by atoms with Crippen LogP contribution in [0.5, 0.6) is 0 Å². The number of hydrogen-bond donors (Lipinski definition) is 1. The van der Waals surface area contributed by atoms with Gasteiger partial charge in [0.2, 0.25) is 0 Å². The summed E-state index contributed by atoms with van der Waals surface area (Å²) in [5, 5.41) is 1.31. The number of nitrogens with zero attached hydrogens (tertiary/aromatic N) is 1. The van der Waals surface area contributed by atoms with Crippen molar-refractivity contribution >= 4 is 22.9 Å². The standard InChI is InChI=1S/C15H18ClFN2S/c1-9(2)6-13-14(8-18)20-15(19-13)7-10-11(16)4-3-5-12(10)17/h3-5,9H,6-8,18H2,1-2H3. The van der Waals surface area contributed by atoms with E-state index in [1.165, 1.54) is 6.07 Å². The van der Waals surface area contributed by atoms with E-state index in [4.69, 9.17) is 17.3 Å². The quantitative estimate of drug-likeness (QED) is 0.899. The predicted molar refractivity (Wildman–Crippen MR) is 82.8 cm³/mol. The van der Waals surface area contributed by atoms with Crippen LogP contribution in [0.4, 0.5) is 4.39 Å². The zero-order valence-electron chi connectivity index (χ0n) is 11.6. The van der Waals surface area contributed by atoms with Crippen LogP contribution in [0.25, 0.3) is 0 Å². The predicted octanol–water partition coefficient (Wildman–Crippen LogP) is 4.18. The first kappa shape index (κ1) is 15.4. The van der Waals surface area contributed by atoms with Gasteiger partial charge in [-0.1, -0.05) is 31.5 Å². The molecule has 2 aromatic rings. The number of thiazole rings is 1. The summed E-state index contributed by atoms with van der Waals surface area (Å²) in [6.07, 6.45) is 1.31. The Labute approximate surface area is 127 Å². The molecule has 20 heavy (non-hydrogen) atoms. The Kier molecular flexibility index (Phi) is 5.13. The number of aromatic nitrogens is 1. The lowest BCUT2D eigenvalue weighted by Crippen LogP contribution is -2.02. The Hall–Kier alpha value is -0.970. The van der Waals surface area contributed by atoms with Gasteiger partial charge in [0.1, 0.15) is 5.82 Å². The summed E-state index contributed by atoms with van der Waals surface area (Å²) < 4.78 is 13.8. The van der Waals surface area contributed by atoms with Gasteiger partial charge >= 0.3 is 0 Å². The Balaban J connectivity index is 2.28. The molecule has 0 spiro atoms. The van der Waals surface area contributed by atoms with Crippen molar-refractivity contribution in [2.24, 2.45) is 11.7 Å². The van der Waals surface area contributed by atoms with E-state index in [0.29, 0.717) is 29.5 Å². The van der Waals surface area contributed by atoms with Crippen molar-refractivity contribution in [2.45, 2.75) is 33.2 Å². The smallest absolute Gasteiger partial charge is 0.128 e. The molecule has 0 aliphatic heterocycles. The normalized spacial score (nSPS) is 11.3. The highest BCUT2D eigenvalue weighted by molar-refractivity contribution is 7.11. The second-order valence-corrected chi connectivity index (χ2v) is 6.73. The third kappa shape index (κ3) is 3.57. The van der Waals surface area contributed by atoms with Gasteiger partial charge in [-0.3, -0.25) is 0 Å². The Morgan fingerprint density at radius 3 is 2.75 bits per heavy atom. The molecule has 2 rings (SSSR count). The fourth-order valence-corrected chi connectivity index (χ4v) is 3.29. The van der Waals surface area contributed by atoms with Crippen LogP contribution in [0.2, 0.25) is 5.02 Å². The molecule has 2 N–H and O–H groups in total. The molecule has 108 valence electrons. The Bertz CT molecular complexity index is 575. The van der Waals surface area contributed by atoms with Crippen LogP contribution in [-0.4, -0.2) is 4.98 Å². The molecular weight excluding hydrogens is 295 g/mol. The molecule has 1 aromatic carbocycles. The van der Waals surface area contributed by atoms with Crippen LogP contribution in [0.3, 0.4) is 0 Å². The molecule has 2 nitrogen and oxygen atoms in total. The number of nitrogens with two attached hydrogens (primary N) is 1. The van der Waals surface area contributed by atoms with Crippen molar-refractivity contribution in [3.63, 3.8) is 0 Å². The van der Waals surface area contributed by atoms with Gasteiger partial charge in [-0.05, 0) is 24.5 Å². The minimum Gasteiger partial charge on any atom is -0.326 e. The molecule has 0 radical (unpaired) electrons. The largest absolute Gasteiger partial charge is 0.326 e. The van der Waals surface area contributed by atoms with E-state index in [-0.39, 0.29) is 5.82 Å². The Morgan fingerprint density at radius 2 is 2.15 bits per heavy atom. The minimum atomic E-state index is -0.285. The van der Waals surface area contributed by atoms with E-state index in [1.54, 1.807) is 23.5 Å². The monoisotopic (exact) mass is 312 g/mol. The van der Waals surface area contributed by atoms with Gasteiger partial charge < -0.3 is 5.73 Å². The zero-order chi connectivity index (χ0) is 14.7. The van der Waals surface area contributed by atoms with Crippen LogP contribution in [0.1, 0.15) is 35.0 Å². The second kappa shape index (κ2) is 6.66. The van der Waals surface area contributed by atoms with Crippen LogP contribution >= 0.6 is 22.9 Å². The van der Waals surface area contributed by atoms with E-state index in [9.17, 15) is 4.39 Å². The van der Waals surface area contributed by atoms with Crippen molar-refractivity contribution in [3.05, 3.63) is 50.2 Å². The lowest BCUT2D eigenvalue weighted by atomic mass is 10.1. The number of rotatable bonds is 5. The molecule has 0 fully saturated rings. The molecule has 1 aromatic heterocycles. The van der Waals surface area contributed by atoms with Gasteiger partial charge in [-0.2, -0.15) is 0 Å². The number of halogens is 2. The van der Waals surface area contributed by atoms with Gasteiger partial charge in [0.05, 0.1) is 10.7 Å². The van der Waals surface area contributed by atoms with Crippen molar-refractivity contribution in [1.29, 1.82) is 0 Å². The number of benzene rings is 1. The topological polar surface area (TPSA) is 38.9 Å². The maximum atomic E-state index is 13.8. The average molecular weight is 313 g/mol. The van der Waals surface area contributed by atoms with Gasteiger partial charge in [0.15, 0.2) is 0 Å². The van der Waals surface area contributed by atoms with E-state index >= 15 is 0 Å². The fourth-order valence-electron chi connectivity index (χ4n) is 2.07.